The molecule has 0 saturated heterocycles. The molecule has 2 aromatic carbocycles. The molecule has 0 aliphatic carbocycles. The van der Waals surface area contributed by atoms with Gasteiger partial charge in [0.05, 0.1) is 11.3 Å². The zero-order chi connectivity index (χ0) is 14.7. The number of halogens is 1. The average Bonchev–Trinajstić information content (AvgIpc) is 2.41. The first-order chi connectivity index (χ1) is 9.47. The Labute approximate surface area is 122 Å². The summed E-state index contributed by atoms with van der Waals surface area (Å²) in [4.78, 5) is 13.4. The molecule has 5 heteroatoms. The molecule has 0 saturated carbocycles. The van der Waals surface area contributed by atoms with Crippen LogP contribution in [0, 0.1) is 0 Å². The van der Waals surface area contributed by atoms with Crippen molar-refractivity contribution < 1.29 is 4.79 Å². The molecule has 4 N–H and O–H groups in total. The number of amides is 1. The molecule has 1 amide bonds. The summed E-state index contributed by atoms with van der Waals surface area (Å²) in [6, 6.07) is 12.6. The largest absolute Gasteiger partial charge is 0.399 e. The fourth-order valence-electron chi connectivity index (χ4n) is 2.01. The van der Waals surface area contributed by atoms with Gasteiger partial charge in [-0.25, -0.2) is 0 Å². The summed E-state index contributed by atoms with van der Waals surface area (Å²) in [6.45, 7) is 0.626. The van der Waals surface area contributed by atoms with Crippen molar-refractivity contribution in [2.45, 2.75) is 6.54 Å². The van der Waals surface area contributed by atoms with Crippen LogP contribution in [-0.2, 0) is 6.54 Å². The average molecular weight is 290 g/mol. The lowest BCUT2D eigenvalue weighted by atomic mass is 10.1. The molecule has 2 rings (SSSR count). The van der Waals surface area contributed by atoms with Crippen LogP contribution in [0.3, 0.4) is 0 Å². The molecule has 0 spiro atoms. The molecule has 0 atom stereocenters. The van der Waals surface area contributed by atoms with E-state index in [1.54, 1.807) is 18.2 Å². The summed E-state index contributed by atoms with van der Waals surface area (Å²) < 4.78 is 0. The zero-order valence-corrected chi connectivity index (χ0v) is 11.9. The van der Waals surface area contributed by atoms with Crippen LogP contribution in [-0.4, -0.2) is 13.0 Å². The molecule has 0 bridgehead atoms. The summed E-state index contributed by atoms with van der Waals surface area (Å²) >= 11 is 5.99. The van der Waals surface area contributed by atoms with Crippen LogP contribution in [0.15, 0.2) is 42.5 Å². The highest BCUT2D eigenvalue weighted by atomic mass is 35.5. The van der Waals surface area contributed by atoms with Crippen LogP contribution in [0.25, 0.3) is 0 Å². The molecule has 2 aromatic rings. The van der Waals surface area contributed by atoms with E-state index in [9.17, 15) is 4.79 Å². The Morgan fingerprint density at radius 1 is 1.20 bits per heavy atom. The van der Waals surface area contributed by atoms with Crippen molar-refractivity contribution in [2.24, 2.45) is 5.73 Å². The van der Waals surface area contributed by atoms with E-state index >= 15 is 0 Å². The topological polar surface area (TPSA) is 72.3 Å². The van der Waals surface area contributed by atoms with Gasteiger partial charge < -0.3 is 16.4 Å². The van der Waals surface area contributed by atoms with E-state index in [1.807, 2.05) is 36.2 Å². The molecule has 0 heterocycles. The third-order valence-electron chi connectivity index (χ3n) is 3.04. The first-order valence-electron chi connectivity index (χ1n) is 6.12. The predicted molar refractivity (Wildman–Crippen MR) is 82.9 cm³/mol. The molecule has 20 heavy (non-hydrogen) atoms. The van der Waals surface area contributed by atoms with E-state index in [0.29, 0.717) is 22.8 Å². The Morgan fingerprint density at radius 2 is 1.85 bits per heavy atom. The maximum absolute atomic E-state index is 11.5. The van der Waals surface area contributed by atoms with Crippen LogP contribution in [0.2, 0.25) is 5.02 Å². The molecular weight excluding hydrogens is 274 g/mol. The highest BCUT2D eigenvalue weighted by Crippen LogP contribution is 2.25. The second-order valence-corrected chi connectivity index (χ2v) is 5.06. The van der Waals surface area contributed by atoms with Gasteiger partial charge in [-0.2, -0.15) is 0 Å². The van der Waals surface area contributed by atoms with Gasteiger partial charge in [-0.3, -0.25) is 4.79 Å². The first-order valence-corrected chi connectivity index (χ1v) is 6.50. The Kier molecular flexibility index (Phi) is 4.15. The highest BCUT2D eigenvalue weighted by molar-refractivity contribution is 6.31. The quantitative estimate of drug-likeness (QED) is 0.850. The number of nitrogen functional groups attached to an aromatic ring is 1. The number of carbonyl (C=O) groups is 1. The second-order valence-electron chi connectivity index (χ2n) is 4.62. The van der Waals surface area contributed by atoms with Crippen LogP contribution in [0.1, 0.15) is 15.9 Å². The van der Waals surface area contributed by atoms with E-state index in [2.05, 4.69) is 0 Å². The SMILES string of the molecule is CN(Cc1ccc(N)cc1)c1cc(Cl)ccc1C(N)=O. The lowest BCUT2D eigenvalue weighted by Gasteiger charge is -2.22. The number of hydrogen-bond donors (Lipinski definition) is 2. The molecule has 0 aromatic heterocycles. The minimum atomic E-state index is -0.471. The lowest BCUT2D eigenvalue weighted by Crippen LogP contribution is -2.22. The van der Waals surface area contributed by atoms with Gasteiger partial charge in [-0.15, -0.1) is 0 Å². The number of nitrogens with two attached hydrogens (primary N) is 2. The normalized spacial score (nSPS) is 10.3. The zero-order valence-electron chi connectivity index (χ0n) is 11.1. The smallest absolute Gasteiger partial charge is 0.250 e. The number of carbonyl (C=O) groups excluding carboxylic acids is 1. The summed E-state index contributed by atoms with van der Waals surface area (Å²) in [5, 5.41) is 0.564. The van der Waals surface area contributed by atoms with Crippen LogP contribution in [0.4, 0.5) is 11.4 Å². The van der Waals surface area contributed by atoms with Gasteiger partial charge in [0, 0.05) is 24.3 Å². The first kappa shape index (κ1) is 14.2. The van der Waals surface area contributed by atoms with Gasteiger partial charge in [0.25, 0.3) is 5.91 Å². The molecule has 0 unspecified atom stereocenters. The fourth-order valence-corrected chi connectivity index (χ4v) is 2.18. The van der Waals surface area contributed by atoms with Crippen LogP contribution >= 0.6 is 11.6 Å². The van der Waals surface area contributed by atoms with Crippen molar-refractivity contribution in [3.8, 4) is 0 Å². The number of benzene rings is 2. The van der Waals surface area contributed by atoms with Crippen LogP contribution in [0.5, 0.6) is 0 Å². The Bertz CT molecular complexity index is 626. The number of primary amides is 1. The molecular formula is C15H16ClN3O. The van der Waals surface area contributed by atoms with Crippen molar-refractivity contribution in [1.82, 2.24) is 0 Å². The number of nitrogens with zero attached hydrogens (tertiary/aromatic N) is 1. The molecule has 0 aliphatic rings. The van der Waals surface area contributed by atoms with E-state index in [-0.39, 0.29) is 0 Å². The van der Waals surface area contributed by atoms with E-state index in [4.69, 9.17) is 23.1 Å². The van der Waals surface area contributed by atoms with E-state index in [0.717, 1.165) is 11.3 Å². The summed E-state index contributed by atoms with van der Waals surface area (Å²) in [5.74, 6) is -0.471. The van der Waals surface area contributed by atoms with Crippen molar-refractivity contribution in [1.29, 1.82) is 0 Å². The number of rotatable bonds is 4. The highest BCUT2D eigenvalue weighted by Gasteiger charge is 2.12. The van der Waals surface area contributed by atoms with Crippen molar-refractivity contribution in [3.05, 3.63) is 58.6 Å². The third-order valence-corrected chi connectivity index (χ3v) is 3.27. The molecule has 0 fully saturated rings. The van der Waals surface area contributed by atoms with Crippen molar-refractivity contribution >= 4 is 28.9 Å². The van der Waals surface area contributed by atoms with Crippen molar-refractivity contribution in [3.63, 3.8) is 0 Å². The second kappa shape index (κ2) is 5.84. The molecule has 0 aliphatic heterocycles. The summed E-state index contributed by atoms with van der Waals surface area (Å²) in [7, 11) is 1.88. The summed E-state index contributed by atoms with van der Waals surface area (Å²) in [5.41, 5.74) is 14.0. The molecule has 104 valence electrons. The Morgan fingerprint density at radius 3 is 2.45 bits per heavy atom. The standard InChI is InChI=1S/C15H16ClN3O/c1-19(9-10-2-5-12(17)6-3-10)14-8-11(16)4-7-13(14)15(18)20/h2-8H,9,17H2,1H3,(H2,18,20). The van der Waals surface area contributed by atoms with Gasteiger partial charge >= 0.3 is 0 Å². The lowest BCUT2D eigenvalue weighted by molar-refractivity contribution is 0.100. The molecule has 4 nitrogen and oxygen atoms in total. The Hall–Kier alpha value is -2.20. The maximum atomic E-state index is 11.5. The Balaban J connectivity index is 2.28. The number of hydrogen-bond acceptors (Lipinski definition) is 3. The molecule has 0 radical (unpaired) electrons. The minimum absolute atomic E-state index is 0.451. The van der Waals surface area contributed by atoms with Gasteiger partial charge in [-0.1, -0.05) is 23.7 Å². The third kappa shape index (κ3) is 3.22. The van der Waals surface area contributed by atoms with Gasteiger partial charge in [0.15, 0.2) is 0 Å². The maximum Gasteiger partial charge on any atom is 0.250 e. The monoisotopic (exact) mass is 289 g/mol. The van der Waals surface area contributed by atoms with Gasteiger partial charge in [-0.05, 0) is 35.9 Å². The fraction of sp³-hybridized carbons (Fsp3) is 0.133. The van der Waals surface area contributed by atoms with Crippen molar-refractivity contribution in [2.75, 3.05) is 17.7 Å². The number of anilines is 2. The van der Waals surface area contributed by atoms with Crippen LogP contribution < -0.4 is 16.4 Å². The van der Waals surface area contributed by atoms with E-state index in [1.165, 1.54) is 0 Å². The van der Waals surface area contributed by atoms with Gasteiger partial charge in [0.2, 0.25) is 0 Å². The summed E-state index contributed by atoms with van der Waals surface area (Å²) in [6.07, 6.45) is 0. The van der Waals surface area contributed by atoms with Gasteiger partial charge in [0.1, 0.15) is 0 Å². The predicted octanol–water partition coefficient (Wildman–Crippen LogP) is 2.66. The van der Waals surface area contributed by atoms with E-state index < -0.39 is 5.91 Å². The minimum Gasteiger partial charge on any atom is -0.399 e.